The number of carbonyl (C=O) groups excluding carboxylic acids is 2. The number of halogens is 1. The second-order valence-electron chi connectivity index (χ2n) is 4.91. The van der Waals surface area contributed by atoms with E-state index in [1.807, 2.05) is 24.3 Å². The Bertz CT molecular complexity index is 770. The van der Waals surface area contributed by atoms with E-state index >= 15 is 0 Å². The first-order chi connectivity index (χ1) is 11.0. The molecule has 1 atom stereocenters. The van der Waals surface area contributed by atoms with Crippen LogP contribution in [0, 0.1) is 5.92 Å². The topological polar surface area (TPSA) is 67.8 Å². The van der Waals surface area contributed by atoms with Crippen LogP contribution in [0.2, 0.25) is 5.02 Å². The number of ether oxygens (including phenoxy) is 1. The second kappa shape index (κ2) is 7.57. The lowest BCUT2D eigenvalue weighted by atomic mass is 10.1. The highest BCUT2D eigenvalue weighted by molar-refractivity contribution is 7.21. The molecule has 5 nitrogen and oxygen atoms in total. The van der Waals surface area contributed by atoms with Gasteiger partial charge in [0, 0.05) is 15.8 Å². The molecule has 1 aromatic carbocycles. The summed E-state index contributed by atoms with van der Waals surface area (Å²) in [7, 11) is 0. The molecule has 1 aromatic heterocycles. The van der Waals surface area contributed by atoms with Gasteiger partial charge in [-0.2, -0.15) is 5.10 Å². The average Bonchev–Trinajstić information content (AvgIpc) is 2.89. The highest BCUT2D eigenvalue weighted by atomic mass is 35.5. The van der Waals surface area contributed by atoms with Crippen LogP contribution in [-0.4, -0.2) is 24.2 Å². The Morgan fingerprint density at radius 2 is 2.09 bits per heavy atom. The summed E-state index contributed by atoms with van der Waals surface area (Å²) in [6, 6.07) is 7.52. The van der Waals surface area contributed by atoms with Crippen molar-refractivity contribution >= 4 is 50.6 Å². The number of nitrogens with one attached hydrogen (secondary N) is 1. The molecule has 1 N–H and O–H groups in total. The quantitative estimate of drug-likeness (QED) is 0.504. The fraction of sp³-hybridized carbons (Fsp3) is 0.312. The van der Waals surface area contributed by atoms with Crippen molar-refractivity contribution in [3.63, 3.8) is 0 Å². The Balaban J connectivity index is 2.13. The SMILES string of the molecule is CCOC(=O)C(C)C(C)=NNC(=O)c1sc2ccccc2c1Cl. The van der Waals surface area contributed by atoms with E-state index < -0.39 is 11.8 Å². The molecule has 0 aliphatic carbocycles. The van der Waals surface area contributed by atoms with Crippen LogP contribution >= 0.6 is 22.9 Å². The third kappa shape index (κ3) is 3.89. The molecule has 0 spiro atoms. The minimum atomic E-state index is -0.520. The molecule has 0 fully saturated rings. The lowest BCUT2D eigenvalue weighted by molar-refractivity contribution is -0.145. The molecule has 0 saturated heterocycles. The van der Waals surface area contributed by atoms with E-state index in [9.17, 15) is 9.59 Å². The first-order valence-corrected chi connectivity index (χ1v) is 8.33. The fourth-order valence-electron chi connectivity index (χ4n) is 1.88. The molecule has 1 heterocycles. The van der Waals surface area contributed by atoms with Crippen LogP contribution < -0.4 is 5.43 Å². The zero-order chi connectivity index (χ0) is 17.0. The lowest BCUT2D eigenvalue weighted by Crippen LogP contribution is -2.25. The predicted molar refractivity (Wildman–Crippen MR) is 93.2 cm³/mol. The fourth-order valence-corrected chi connectivity index (χ4v) is 3.29. The number of thiophene rings is 1. The molecule has 2 rings (SSSR count). The first-order valence-electron chi connectivity index (χ1n) is 7.13. The number of carbonyl (C=O) groups is 2. The molecule has 7 heteroatoms. The zero-order valence-electron chi connectivity index (χ0n) is 13.1. The summed E-state index contributed by atoms with van der Waals surface area (Å²) in [6.07, 6.45) is 0. The summed E-state index contributed by atoms with van der Waals surface area (Å²) in [4.78, 5) is 24.3. The largest absolute Gasteiger partial charge is 0.465 e. The number of hydrogen-bond acceptors (Lipinski definition) is 5. The van der Waals surface area contributed by atoms with Gasteiger partial charge in [0.1, 0.15) is 4.88 Å². The predicted octanol–water partition coefficient (Wildman–Crippen LogP) is 3.86. The smallest absolute Gasteiger partial charge is 0.314 e. The van der Waals surface area contributed by atoms with Gasteiger partial charge in [-0.15, -0.1) is 11.3 Å². The van der Waals surface area contributed by atoms with Crippen molar-refractivity contribution in [2.75, 3.05) is 6.61 Å². The summed E-state index contributed by atoms with van der Waals surface area (Å²) >= 11 is 7.55. The highest BCUT2D eigenvalue weighted by Gasteiger charge is 2.19. The van der Waals surface area contributed by atoms with E-state index in [4.69, 9.17) is 16.3 Å². The number of esters is 1. The number of rotatable bonds is 5. The monoisotopic (exact) mass is 352 g/mol. The van der Waals surface area contributed by atoms with Gasteiger partial charge in [-0.25, -0.2) is 5.43 Å². The average molecular weight is 353 g/mol. The molecule has 1 unspecified atom stereocenters. The zero-order valence-corrected chi connectivity index (χ0v) is 14.6. The van der Waals surface area contributed by atoms with Gasteiger partial charge in [-0.1, -0.05) is 29.8 Å². The Kier molecular flexibility index (Phi) is 5.74. The van der Waals surface area contributed by atoms with Gasteiger partial charge >= 0.3 is 5.97 Å². The molecular formula is C16H17ClN2O3S. The van der Waals surface area contributed by atoms with Crippen molar-refractivity contribution in [2.45, 2.75) is 20.8 Å². The van der Waals surface area contributed by atoms with Gasteiger partial charge in [-0.05, 0) is 26.8 Å². The summed E-state index contributed by atoms with van der Waals surface area (Å²) in [5.74, 6) is -1.29. The van der Waals surface area contributed by atoms with Crippen LogP contribution in [-0.2, 0) is 9.53 Å². The van der Waals surface area contributed by atoms with Gasteiger partial charge in [-0.3, -0.25) is 9.59 Å². The third-order valence-electron chi connectivity index (χ3n) is 3.34. The first kappa shape index (κ1) is 17.4. The maximum Gasteiger partial charge on any atom is 0.314 e. The standard InChI is InChI=1S/C16H17ClN2O3S/c1-4-22-16(21)9(2)10(3)18-19-15(20)14-13(17)11-7-5-6-8-12(11)23-14/h5-9H,4H2,1-3H3,(H,19,20). The number of hydrazone groups is 1. The minimum Gasteiger partial charge on any atom is -0.465 e. The molecule has 23 heavy (non-hydrogen) atoms. The molecule has 122 valence electrons. The number of nitrogens with zero attached hydrogens (tertiary/aromatic N) is 1. The van der Waals surface area contributed by atoms with Gasteiger partial charge in [0.15, 0.2) is 0 Å². The van der Waals surface area contributed by atoms with Crippen molar-refractivity contribution in [1.29, 1.82) is 0 Å². The maximum absolute atomic E-state index is 12.2. The normalized spacial score (nSPS) is 13.0. The molecule has 0 radical (unpaired) electrons. The second-order valence-corrected chi connectivity index (χ2v) is 6.34. The Hall–Kier alpha value is -1.92. The summed E-state index contributed by atoms with van der Waals surface area (Å²) in [5.41, 5.74) is 2.91. The van der Waals surface area contributed by atoms with E-state index in [1.165, 1.54) is 11.3 Å². The van der Waals surface area contributed by atoms with Crippen molar-refractivity contribution in [3.05, 3.63) is 34.2 Å². The van der Waals surface area contributed by atoms with Crippen molar-refractivity contribution in [2.24, 2.45) is 11.0 Å². The number of hydrogen-bond donors (Lipinski definition) is 1. The lowest BCUT2D eigenvalue weighted by Gasteiger charge is -2.09. The number of amides is 1. The van der Waals surface area contributed by atoms with E-state index in [-0.39, 0.29) is 5.97 Å². The molecule has 2 aromatic rings. The minimum absolute atomic E-state index is 0.306. The van der Waals surface area contributed by atoms with Crippen LogP contribution in [0.1, 0.15) is 30.4 Å². The van der Waals surface area contributed by atoms with E-state index in [2.05, 4.69) is 10.5 Å². The van der Waals surface area contributed by atoms with Crippen molar-refractivity contribution < 1.29 is 14.3 Å². The number of fused-ring (bicyclic) bond motifs is 1. The van der Waals surface area contributed by atoms with Gasteiger partial charge in [0.25, 0.3) is 5.91 Å². The van der Waals surface area contributed by atoms with Crippen molar-refractivity contribution in [1.82, 2.24) is 5.43 Å². The molecule has 0 bridgehead atoms. The van der Waals surface area contributed by atoms with E-state index in [1.54, 1.807) is 20.8 Å². The summed E-state index contributed by atoms with van der Waals surface area (Å²) in [5, 5.41) is 5.23. The Morgan fingerprint density at radius 1 is 1.39 bits per heavy atom. The summed E-state index contributed by atoms with van der Waals surface area (Å²) in [6.45, 7) is 5.38. The van der Waals surface area contributed by atoms with Gasteiger partial charge in [0.2, 0.25) is 0 Å². The molecule has 0 aliphatic rings. The molecule has 0 saturated carbocycles. The van der Waals surface area contributed by atoms with Crippen LogP contribution in [0.5, 0.6) is 0 Å². The highest BCUT2D eigenvalue weighted by Crippen LogP contribution is 2.34. The Labute approximate surface area is 143 Å². The third-order valence-corrected chi connectivity index (χ3v) is 5.02. The van der Waals surface area contributed by atoms with Crippen LogP contribution in [0.15, 0.2) is 29.4 Å². The maximum atomic E-state index is 12.2. The van der Waals surface area contributed by atoms with Crippen LogP contribution in [0.3, 0.4) is 0 Å². The Morgan fingerprint density at radius 3 is 2.74 bits per heavy atom. The van der Waals surface area contributed by atoms with Crippen molar-refractivity contribution in [3.8, 4) is 0 Å². The molecule has 0 aliphatic heterocycles. The van der Waals surface area contributed by atoms with Crippen LogP contribution in [0.25, 0.3) is 10.1 Å². The van der Waals surface area contributed by atoms with E-state index in [0.29, 0.717) is 22.2 Å². The molecular weight excluding hydrogens is 336 g/mol. The summed E-state index contributed by atoms with van der Waals surface area (Å²) < 4.78 is 5.86. The number of benzene rings is 1. The molecule has 1 amide bonds. The van der Waals surface area contributed by atoms with Gasteiger partial charge in [0.05, 0.1) is 17.5 Å². The van der Waals surface area contributed by atoms with E-state index in [0.717, 1.165) is 10.1 Å². The van der Waals surface area contributed by atoms with Crippen LogP contribution in [0.4, 0.5) is 0 Å². The van der Waals surface area contributed by atoms with Gasteiger partial charge < -0.3 is 4.74 Å².